The lowest BCUT2D eigenvalue weighted by Gasteiger charge is -2.13. The third-order valence-corrected chi connectivity index (χ3v) is 2.69. The van der Waals surface area contributed by atoms with Crippen LogP contribution in [0.2, 0.25) is 0 Å². The van der Waals surface area contributed by atoms with Crippen LogP contribution < -0.4 is 10.1 Å². The summed E-state index contributed by atoms with van der Waals surface area (Å²) >= 11 is 0. The summed E-state index contributed by atoms with van der Waals surface area (Å²) in [6, 6.07) is 1.97. The number of rotatable bonds is 5. The van der Waals surface area contributed by atoms with Crippen molar-refractivity contribution in [2.24, 2.45) is 0 Å². The second-order valence-corrected chi connectivity index (χ2v) is 3.96. The smallest absolute Gasteiger partial charge is 0.142 e. The number of ether oxygens (including phenoxy) is 2. The normalized spacial score (nSPS) is 19.9. The number of hydrogen-bond acceptors (Lipinski definition) is 4. The van der Waals surface area contributed by atoms with Gasteiger partial charge >= 0.3 is 0 Å². The van der Waals surface area contributed by atoms with Crippen LogP contribution in [0, 0.1) is 0 Å². The zero-order valence-electron chi connectivity index (χ0n) is 9.61. The maximum Gasteiger partial charge on any atom is 0.142 e. The molecule has 2 heterocycles. The molecule has 16 heavy (non-hydrogen) atoms. The third kappa shape index (κ3) is 2.93. The Morgan fingerprint density at radius 3 is 3.31 bits per heavy atom. The van der Waals surface area contributed by atoms with E-state index in [2.05, 4.69) is 10.3 Å². The Kier molecular flexibility index (Phi) is 4.13. The predicted octanol–water partition coefficient (Wildman–Crippen LogP) is 1.36. The largest absolute Gasteiger partial charge is 0.489 e. The van der Waals surface area contributed by atoms with E-state index in [9.17, 15) is 0 Å². The summed E-state index contributed by atoms with van der Waals surface area (Å²) in [5.74, 6) is 0.854. The minimum Gasteiger partial charge on any atom is -0.489 e. The van der Waals surface area contributed by atoms with Gasteiger partial charge in [-0.1, -0.05) is 0 Å². The summed E-state index contributed by atoms with van der Waals surface area (Å²) in [5.41, 5.74) is 1.13. The summed E-state index contributed by atoms with van der Waals surface area (Å²) in [6.45, 7) is 2.29. The molecule has 4 heteroatoms. The van der Waals surface area contributed by atoms with Gasteiger partial charge in [0.15, 0.2) is 0 Å². The van der Waals surface area contributed by atoms with Crippen LogP contribution in [0.15, 0.2) is 18.5 Å². The molecule has 1 atom stereocenters. The zero-order valence-corrected chi connectivity index (χ0v) is 9.61. The van der Waals surface area contributed by atoms with Crippen LogP contribution >= 0.6 is 0 Å². The molecule has 1 aromatic rings. The minimum atomic E-state index is 0.252. The van der Waals surface area contributed by atoms with Crippen LogP contribution in [0.5, 0.6) is 5.75 Å². The highest BCUT2D eigenvalue weighted by Gasteiger charge is 2.16. The van der Waals surface area contributed by atoms with Gasteiger partial charge in [-0.2, -0.15) is 0 Å². The van der Waals surface area contributed by atoms with Crippen molar-refractivity contribution in [1.82, 2.24) is 10.3 Å². The van der Waals surface area contributed by atoms with Crippen molar-refractivity contribution in [2.45, 2.75) is 25.5 Å². The first-order chi connectivity index (χ1) is 7.90. The average molecular weight is 222 g/mol. The highest BCUT2D eigenvalue weighted by atomic mass is 16.5. The Hall–Kier alpha value is -1.13. The van der Waals surface area contributed by atoms with E-state index in [-0.39, 0.29) is 6.10 Å². The van der Waals surface area contributed by atoms with Crippen molar-refractivity contribution in [3.05, 3.63) is 24.0 Å². The monoisotopic (exact) mass is 222 g/mol. The van der Waals surface area contributed by atoms with E-state index in [1.807, 2.05) is 13.1 Å². The van der Waals surface area contributed by atoms with Gasteiger partial charge in [0.05, 0.1) is 12.3 Å². The summed E-state index contributed by atoms with van der Waals surface area (Å²) in [7, 11) is 1.92. The van der Waals surface area contributed by atoms with Crippen LogP contribution in [-0.2, 0) is 11.3 Å². The van der Waals surface area contributed by atoms with E-state index < -0.39 is 0 Å². The number of aromatic nitrogens is 1. The second kappa shape index (κ2) is 5.82. The number of nitrogens with one attached hydrogen (secondary N) is 1. The summed E-state index contributed by atoms with van der Waals surface area (Å²) in [6.07, 6.45) is 6.04. The van der Waals surface area contributed by atoms with Crippen LogP contribution in [0.4, 0.5) is 0 Å². The molecule has 4 nitrogen and oxygen atoms in total. The van der Waals surface area contributed by atoms with Crippen LogP contribution in [0.1, 0.15) is 18.4 Å². The Morgan fingerprint density at radius 2 is 2.56 bits per heavy atom. The molecule has 0 bridgehead atoms. The Balaban J connectivity index is 1.91. The van der Waals surface area contributed by atoms with Gasteiger partial charge in [0.2, 0.25) is 0 Å². The van der Waals surface area contributed by atoms with Crippen molar-refractivity contribution in [3.63, 3.8) is 0 Å². The first kappa shape index (κ1) is 11.4. The lowest BCUT2D eigenvalue weighted by atomic mass is 10.2. The van der Waals surface area contributed by atoms with E-state index >= 15 is 0 Å². The van der Waals surface area contributed by atoms with Gasteiger partial charge in [0.1, 0.15) is 12.4 Å². The van der Waals surface area contributed by atoms with Gasteiger partial charge in [-0.15, -0.1) is 0 Å². The van der Waals surface area contributed by atoms with E-state index in [0.717, 1.165) is 37.3 Å². The molecule has 0 amide bonds. The van der Waals surface area contributed by atoms with Crippen molar-refractivity contribution in [2.75, 3.05) is 20.3 Å². The summed E-state index contributed by atoms with van der Waals surface area (Å²) < 4.78 is 11.3. The Labute approximate surface area is 96.0 Å². The molecule has 1 unspecified atom stereocenters. The number of nitrogens with zero attached hydrogens (tertiary/aromatic N) is 1. The van der Waals surface area contributed by atoms with Crippen molar-refractivity contribution in [1.29, 1.82) is 0 Å². The van der Waals surface area contributed by atoms with E-state index in [4.69, 9.17) is 9.47 Å². The molecule has 2 rings (SSSR count). The maximum atomic E-state index is 5.75. The fourth-order valence-electron chi connectivity index (χ4n) is 1.83. The zero-order chi connectivity index (χ0) is 11.2. The third-order valence-electron chi connectivity index (χ3n) is 2.69. The summed E-state index contributed by atoms with van der Waals surface area (Å²) in [5, 5.41) is 3.11. The van der Waals surface area contributed by atoms with Crippen molar-refractivity contribution in [3.8, 4) is 5.75 Å². The molecule has 1 aliphatic heterocycles. The topological polar surface area (TPSA) is 43.4 Å². The standard InChI is InChI=1S/C12H18N2O2/c1-13-7-10-4-5-14-8-12(10)16-9-11-3-2-6-15-11/h4-5,8,11,13H,2-3,6-7,9H2,1H3. The van der Waals surface area contributed by atoms with Crippen LogP contribution in [-0.4, -0.2) is 31.3 Å². The van der Waals surface area contributed by atoms with Crippen LogP contribution in [0.25, 0.3) is 0 Å². The Bertz CT molecular complexity index is 325. The van der Waals surface area contributed by atoms with Gasteiger partial charge in [0, 0.05) is 24.9 Å². The quantitative estimate of drug-likeness (QED) is 0.817. The molecule has 1 saturated heterocycles. The summed E-state index contributed by atoms with van der Waals surface area (Å²) in [4.78, 5) is 4.08. The highest BCUT2D eigenvalue weighted by Crippen LogP contribution is 2.18. The van der Waals surface area contributed by atoms with Gasteiger partial charge in [0.25, 0.3) is 0 Å². The molecular weight excluding hydrogens is 204 g/mol. The molecule has 1 N–H and O–H groups in total. The highest BCUT2D eigenvalue weighted by molar-refractivity contribution is 5.29. The molecule has 1 aliphatic rings. The van der Waals surface area contributed by atoms with Gasteiger partial charge in [-0.3, -0.25) is 4.98 Å². The van der Waals surface area contributed by atoms with E-state index in [0.29, 0.717) is 6.61 Å². The number of hydrogen-bond donors (Lipinski definition) is 1. The molecule has 0 aliphatic carbocycles. The fourth-order valence-corrected chi connectivity index (χ4v) is 1.83. The van der Waals surface area contributed by atoms with Crippen molar-refractivity contribution < 1.29 is 9.47 Å². The predicted molar refractivity (Wildman–Crippen MR) is 61.5 cm³/mol. The van der Waals surface area contributed by atoms with E-state index in [1.165, 1.54) is 0 Å². The molecule has 0 saturated carbocycles. The SMILES string of the molecule is CNCc1ccncc1OCC1CCCO1. The lowest BCUT2D eigenvalue weighted by molar-refractivity contribution is 0.0674. The molecule has 0 radical (unpaired) electrons. The minimum absolute atomic E-state index is 0.252. The first-order valence-electron chi connectivity index (χ1n) is 5.72. The number of pyridine rings is 1. The second-order valence-electron chi connectivity index (χ2n) is 3.96. The lowest BCUT2D eigenvalue weighted by Crippen LogP contribution is -2.17. The molecular formula is C12H18N2O2. The molecule has 0 spiro atoms. The molecule has 0 aromatic carbocycles. The molecule has 1 fully saturated rings. The van der Waals surface area contributed by atoms with Gasteiger partial charge < -0.3 is 14.8 Å². The molecule has 88 valence electrons. The first-order valence-corrected chi connectivity index (χ1v) is 5.72. The Morgan fingerprint density at radius 1 is 1.62 bits per heavy atom. The van der Waals surface area contributed by atoms with Crippen LogP contribution in [0.3, 0.4) is 0 Å². The van der Waals surface area contributed by atoms with E-state index in [1.54, 1.807) is 12.4 Å². The molecule has 1 aromatic heterocycles. The fraction of sp³-hybridized carbons (Fsp3) is 0.583. The average Bonchev–Trinajstić information content (AvgIpc) is 2.81. The van der Waals surface area contributed by atoms with Crippen molar-refractivity contribution >= 4 is 0 Å². The maximum absolute atomic E-state index is 5.75. The van der Waals surface area contributed by atoms with Gasteiger partial charge in [-0.05, 0) is 26.0 Å². The van der Waals surface area contributed by atoms with Gasteiger partial charge in [-0.25, -0.2) is 0 Å².